The molecule has 0 radical (unpaired) electrons. The minimum Gasteiger partial charge on any atom is -0.469 e. The first kappa shape index (κ1) is 8.84. The van der Waals surface area contributed by atoms with Crippen molar-refractivity contribution in [1.82, 2.24) is 0 Å². The molecular weight excluding hydrogens is 167 g/mol. The predicted octanol–water partition coefficient (Wildman–Crippen LogP) is 1.25. The van der Waals surface area contributed by atoms with Gasteiger partial charge in [-0.2, -0.15) is 11.8 Å². The van der Waals surface area contributed by atoms with Crippen molar-refractivity contribution in [1.29, 1.82) is 0 Å². The maximum Gasteiger partial charge on any atom is 0.311 e. The summed E-state index contributed by atoms with van der Waals surface area (Å²) in [6, 6.07) is 0. The Bertz CT molecular complexity index is 151. The zero-order valence-corrected chi connectivity index (χ0v) is 7.20. The van der Waals surface area contributed by atoms with Gasteiger partial charge < -0.3 is 4.74 Å². The molecule has 11 heavy (non-hydrogen) atoms. The van der Waals surface area contributed by atoms with Crippen molar-refractivity contribution >= 4 is 17.7 Å². The van der Waals surface area contributed by atoms with Crippen LogP contribution < -0.4 is 0 Å². The first-order valence-electron chi connectivity index (χ1n) is 3.55. The van der Waals surface area contributed by atoms with E-state index in [0.717, 1.165) is 5.75 Å². The van der Waals surface area contributed by atoms with Gasteiger partial charge >= 0.3 is 5.97 Å². The van der Waals surface area contributed by atoms with Crippen molar-refractivity contribution in [3.8, 4) is 0 Å². The van der Waals surface area contributed by atoms with Crippen LogP contribution in [0.5, 0.6) is 0 Å². The highest BCUT2D eigenvalue weighted by molar-refractivity contribution is 7.99. The summed E-state index contributed by atoms with van der Waals surface area (Å²) in [4.78, 5) is 10.9. The summed E-state index contributed by atoms with van der Waals surface area (Å²) in [6.45, 7) is 0. The standard InChI is InChI=1S/C7H11FO2S/c1-10-7(9)5-2-3-11-4-6(5)8/h5-6H,2-4H2,1H3/t5-,6-/m1/s1. The summed E-state index contributed by atoms with van der Waals surface area (Å²) in [5.41, 5.74) is 0. The van der Waals surface area contributed by atoms with Gasteiger partial charge in [0.05, 0.1) is 13.0 Å². The molecule has 2 nitrogen and oxygen atoms in total. The van der Waals surface area contributed by atoms with E-state index in [9.17, 15) is 9.18 Å². The highest BCUT2D eigenvalue weighted by Gasteiger charge is 2.31. The molecule has 0 aliphatic carbocycles. The average molecular weight is 178 g/mol. The first-order valence-corrected chi connectivity index (χ1v) is 4.71. The minimum absolute atomic E-state index is 0.405. The Hall–Kier alpha value is -0.250. The molecule has 0 aromatic carbocycles. The molecule has 0 N–H and O–H groups in total. The maximum absolute atomic E-state index is 13.0. The molecule has 1 aliphatic heterocycles. The van der Waals surface area contributed by atoms with Crippen LogP contribution in [0, 0.1) is 5.92 Å². The van der Waals surface area contributed by atoms with Crippen LogP contribution in [0.15, 0.2) is 0 Å². The van der Waals surface area contributed by atoms with E-state index in [1.807, 2.05) is 0 Å². The Morgan fingerprint density at radius 1 is 1.73 bits per heavy atom. The van der Waals surface area contributed by atoms with E-state index in [-0.39, 0.29) is 0 Å². The zero-order chi connectivity index (χ0) is 8.27. The minimum atomic E-state index is -1.01. The van der Waals surface area contributed by atoms with Crippen molar-refractivity contribution < 1.29 is 13.9 Å². The fourth-order valence-corrected chi connectivity index (χ4v) is 2.16. The summed E-state index contributed by atoms with van der Waals surface area (Å²) in [5, 5.41) is 0. The number of hydrogen-bond acceptors (Lipinski definition) is 3. The molecule has 0 aromatic heterocycles. The Kier molecular flexibility index (Phi) is 3.17. The van der Waals surface area contributed by atoms with E-state index in [2.05, 4.69) is 4.74 Å². The number of ether oxygens (including phenoxy) is 1. The van der Waals surface area contributed by atoms with Crippen LogP contribution in [0.4, 0.5) is 4.39 Å². The van der Waals surface area contributed by atoms with Crippen molar-refractivity contribution in [2.75, 3.05) is 18.6 Å². The number of carbonyl (C=O) groups is 1. The lowest BCUT2D eigenvalue weighted by molar-refractivity contribution is -0.147. The van der Waals surface area contributed by atoms with E-state index in [0.29, 0.717) is 12.2 Å². The molecule has 4 heteroatoms. The largest absolute Gasteiger partial charge is 0.469 e. The molecule has 0 saturated carbocycles. The third kappa shape index (κ3) is 2.09. The molecule has 0 bridgehead atoms. The number of hydrogen-bond donors (Lipinski definition) is 0. The molecule has 0 unspecified atom stereocenters. The van der Waals surface area contributed by atoms with Crippen LogP contribution in [0.2, 0.25) is 0 Å². The van der Waals surface area contributed by atoms with Gasteiger partial charge in [0.25, 0.3) is 0 Å². The monoisotopic (exact) mass is 178 g/mol. The van der Waals surface area contributed by atoms with Crippen molar-refractivity contribution in [3.05, 3.63) is 0 Å². The molecular formula is C7H11FO2S. The highest BCUT2D eigenvalue weighted by Crippen LogP contribution is 2.26. The van der Waals surface area contributed by atoms with Crippen LogP contribution in [-0.4, -0.2) is 30.8 Å². The molecule has 1 aliphatic rings. The zero-order valence-electron chi connectivity index (χ0n) is 6.38. The van der Waals surface area contributed by atoms with Crippen molar-refractivity contribution in [2.24, 2.45) is 5.92 Å². The number of alkyl halides is 1. The maximum atomic E-state index is 13.0. The third-order valence-corrected chi connectivity index (χ3v) is 2.87. The number of carbonyl (C=O) groups excluding carboxylic acids is 1. The van der Waals surface area contributed by atoms with E-state index in [1.165, 1.54) is 7.11 Å². The third-order valence-electron chi connectivity index (χ3n) is 1.79. The summed E-state index contributed by atoms with van der Waals surface area (Å²) in [6.07, 6.45) is -0.403. The van der Waals surface area contributed by atoms with Gasteiger partial charge in [0, 0.05) is 5.75 Å². The Labute approximate surface area is 69.5 Å². The Balaban J connectivity index is 2.47. The average Bonchev–Trinajstić information content (AvgIpc) is 2.04. The van der Waals surface area contributed by atoms with Crippen LogP contribution in [0.1, 0.15) is 6.42 Å². The van der Waals surface area contributed by atoms with Crippen molar-refractivity contribution in [3.63, 3.8) is 0 Å². The SMILES string of the molecule is COC(=O)[C@@H]1CCSC[C@H]1F. The van der Waals surface area contributed by atoms with Crippen LogP contribution >= 0.6 is 11.8 Å². The molecule has 1 rings (SSSR count). The smallest absolute Gasteiger partial charge is 0.311 e. The number of methoxy groups -OCH3 is 1. The number of esters is 1. The van der Waals surface area contributed by atoms with E-state index in [1.54, 1.807) is 11.8 Å². The second-order valence-electron chi connectivity index (χ2n) is 2.51. The summed E-state index contributed by atoms with van der Waals surface area (Å²) in [7, 11) is 1.30. The van der Waals surface area contributed by atoms with Crippen LogP contribution in [0.25, 0.3) is 0 Å². The topological polar surface area (TPSA) is 26.3 Å². The van der Waals surface area contributed by atoms with Crippen molar-refractivity contribution in [2.45, 2.75) is 12.6 Å². The Morgan fingerprint density at radius 2 is 2.45 bits per heavy atom. The fraction of sp³-hybridized carbons (Fsp3) is 0.857. The summed E-state index contributed by atoms with van der Waals surface area (Å²) >= 11 is 1.55. The van der Waals surface area contributed by atoms with Gasteiger partial charge in [-0.1, -0.05) is 0 Å². The lowest BCUT2D eigenvalue weighted by Gasteiger charge is -2.22. The number of halogens is 1. The predicted molar refractivity (Wildman–Crippen MR) is 42.3 cm³/mol. The van der Waals surface area contributed by atoms with Gasteiger partial charge in [0.15, 0.2) is 0 Å². The second-order valence-corrected chi connectivity index (χ2v) is 3.66. The Morgan fingerprint density at radius 3 is 3.00 bits per heavy atom. The van der Waals surface area contributed by atoms with Crippen LogP contribution in [0.3, 0.4) is 0 Å². The number of rotatable bonds is 1. The summed E-state index contributed by atoms with van der Waals surface area (Å²) in [5.74, 6) is 0.374. The normalized spacial score (nSPS) is 31.5. The highest BCUT2D eigenvalue weighted by atomic mass is 32.2. The molecule has 1 fully saturated rings. The van der Waals surface area contributed by atoms with E-state index >= 15 is 0 Å². The lowest BCUT2D eigenvalue weighted by Crippen LogP contribution is -2.31. The fourth-order valence-electron chi connectivity index (χ4n) is 1.12. The van der Waals surface area contributed by atoms with Crippen LogP contribution in [-0.2, 0) is 9.53 Å². The van der Waals surface area contributed by atoms with Gasteiger partial charge in [0.2, 0.25) is 0 Å². The molecule has 2 atom stereocenters. The molecule has 1 saturated heterocycles. The number of thioether (sulfide) groups is 1. The quantitative estimate of drug-likeness (QED) is 0.565. The van der Waals surface area contributed by atoms with E-state index < -0.39 is 18.1 Å². The molecule has 64 valence electrons. The van der Waals surface area contributed by atoms with Gasteiger partial charge in [-0.25, -0.2) is 4.39 Å². The van der Waals surface area contributed by atoms with Gasteiger partial charge in [-0.15, -0.1) is 0 Å². The van der Waals surface area contributed by atoms with E-state index in [4.69, 9.17) is 0 Å². The van der Waals surface area contributed by atoms with Gasteiger partial charge in [-0.3, -0.25) is 4.79 Å². The molecule has 0 spiro atoms. The van der Waals surface area contributed by atoms with Gasteiger partial charge in [-0.05, 0) is 12.2 Å². The first-order chi connectivity index (χ1) is 5.25. The molecule has 1 heterocycles. The molecule has 0 amide bonds. The summed E-state index contributed by atoms with van der Waals surface area (Å²) < 4.78 is 17.4. The second kappa shape index (κ2) is 3.95. The molecule has 0 aromatic rings. The van der Waals surface area contributed by atoms with Gasteiger partial charge in [0.1, 0.15) is 6.17 Å². The lowest BCUT2D eigenvalue weighted by atomic mass is 10.0.